The van der Waals surface area contributed by atoms with Crippen LogP contribution in [0.1, 0.15) is 37.9 Å². The van der Waals surface area contributed by atoms with Gasteiger partial charge in [0.15, 0.2) is 5.82 Å². The molecule has 2 unspecified atom stereocenters. The van der Waals surface area contributed by atoms with Crippen LogP contribution in [0.5, 0.6) is 0 Å². The average molecular weight is 261 g/mol. The third-order valence-corrected chi connectivity index (χ3v) is 3.74. The van der Waals surface area contributed by atoms with Crippen LogP contribution in [-0.4, -0.2) is 10.1 Å². The first kappa shape index (κ1) is 12.1. The van der Waals surface area contributed by atoms with Gasteiger partial charge in [-0.25, -0.2) is 4.39 Å². The fourth-order valence-corrected chi connectivity index (χ4v) is 2.64. The Morgan fingerprint density at radius 3 is 2.89 bits per heavy atom. The molecule has 0 aliphatic heterocycles. The minimum atomic E-state index is -0.437. The van der Waals surface area contributed by atoms with E-state index in [1.54, 1.807) is 6.07 Å². The van der Waals surface area contributed by atoms with E-state index in [4.69, 9.17) is 10.3 Å². The lowest BCUT2D eigenvalue weighted by Crippen LogP contribution is -1.96. The van der Waals surface area contributed by atoms with Crippen molar-refractivity contribution in [1.82, 2.24) is 10.1 Å². The van der Waals surface area contributed by atoms with Gasteiger partial charge in [0.05, 0.1) is 5.69 Å². The first-order valence-corrected chi connectivity index (χ1v) is 6.52. The minimum absolute atomic E-state index is 0.0896. The first-order valence-electron chi connectivity index (χ1n) is 6.52. The van der Waals surface area contributed by atoms with Gasteiger partial charge in [-0.15, -0.1) is 0 Å². The van der Waals surface area contributed by atoms with Crippen LogP contribution in [-0.2, 0) is 0 Å². The van der Waals surface area contributed by atoms with Crippen LogP contribution in [0.25, 0.3) is 11.5 Å². The molecule has 0 bridgehead atoms. The van der Waals surface area contributed by atoms with Gasteiger partial charge in [-0.2, -0.15) is 4.98 Å². The first-order chi connectivity index (χ1) is 9.13. The predicted molar refractivity (Wildman–Crippen MR) is 69.9 cm³/mol. The SMILES string of the molecule is CC1CCC(c2noc(-c3ccc(F)c(N)c3)n2)C1. The topological polar surface area (TPSA) is 64.9 Å². The van der Waals surface area contributed by atoms with Gasteiger partial charge in [0.2, 0.25) is 0 Å². The number of hydrogen-bond acceptors (Lipinski definition) is 4. The highest BCUT2D eigenvalue weighted by molar-refractivity contribution is 5.60. The maximum atomic E-state index is 13.1. The number of halogens is 1. The molecule has 1 saturated carbocycles. The second-order valence-corrected chi connectivity index (χ2v) is 5.31. The van der Waals surface area contributed by atoms with E-state index in [9.17, 15) is 4.39 Å². The highest BCUT2D eigenvalue weighted by atomic mass is 19.1. The highest BCUT2D eigenvalue weighted by Gasteiger charge is 2.27. The molecular formula is C14H16FN3O. The van der Waals surface area contributed by atoms with Crippen LogP contribution in [0.2, 0.25) is 0 Å². The number of nitrogen functional groups attached to an aromatic ring is 1. The molecule has 1 aromatic heterocycles. The van der Waals surface area contributed by atoms with E-state index in [1.807, 2.05) is 0 Å². The zero-order valence-electron chi connectivity index (χ0n) is 10.8. The van der Waals surface area contributed by atoms with Crippen LogP contribution in [0.4, 0.5) is 10.1 Å². The van der Waals surface area contributed by atoms with Crippen molar-refractivity contribution in [2.75, 3.05) is 5.73 Å². The number of aromatic nitrogens is 2. The summed E-state index contributed by atoms with van der Waals surface area (Å²) in [6.07, 6.45) is 3.41. The van der Waals surface area contributed by atoms with Crippen molar-refractivity contribution < 1.29 is 8.91 Å². The molecule has 1 heterocycles. The van der Waals surface area contributed by atoms with Crippen molar-refractivity contribution in [1.29, 1.82) is 0 Å². The zero-order valence-corrected chi connectivity index (χ0v) is 10.8. The third kappa shape index (κ3) is 2.32. The van der Waals surface area contributed by atoms with E-state index >= 15 is 0 Å². The maximum absolute atomic E-state index is 13.1. The largest absolute Gasteiger partial charge is 0.396 e. The van der Waals surface area contributed by atoms with Crippen LogP contribution in [0.3, 0.4) is 0 Å². The van der Waals surface area contributed by atoms with Crippen LogP contribution in [0, 0.1) is 11.7 Å². The zero-order chi connectivity index (χ0) is 13.4. The number of benzene rings is 1. The Morgan fingerprint density at radius 1 is 1.37 bits per heavy atom. The molecule has 1 aliphatic rings. The standard InChI is InChI=1S/C14H16FN3O/c1-8-2-3-9(6-8)13-17-14(19-18-13)10-4-5-11(15)12(16)7-10/h4-5,7-9H,2-3,6,16H2,1H3. The molecule has 0 saturated heterocycles. The van der Waals surface area contributed by atoms with Gasteiger partial charge in [-0.3, -0.25) is 0 Å². The van der Waals surface area contributed by atoms with Gasteiger partial charge < -0.3 is 10.3 Å². The summed E-state index contributed by atoms with van der Waals surface area (Å²) in [4.78, 5) is 4.41. The molecule has 19 heavy (non-hydrogen) atoms. The van der Waals surface area contributed by atoms with Crippen molar-refractivity contribution in [3.8, 4) is 11.5 Å². The number of hydrogen-bond donors (Lipinski definition) is 1. The molecule has 1 aromatic carbocycles. The number of anilines is 1. The molecule has 3 rings (SSSR count). The van der Waals surface area contributed by atoms with E-state index in [0.29, 0.717) is 23.3 Å². The van der Waals surface area contributed by atoms with Crippen molar-refractivity contribution in [3.63, 3.8) is 0 Å². The number of nitrogens with zero attached hydrogens (tertiary/aromatic N) is 2. The van der Waals surface area contributed by atoms with Crippen molar-refractivity contribution in [2.24, 2.45) is 5.92 Å². The fraction of sp³-hybridized carbons (Fsp3) is 0.429. The summed E-state index contributed by atoms with van der Waals surface area (Å²) in [6.45, 7) is 2.24. The summed E-state index contributed by atoms with van der Waals surface area (Å²) in [5, 5.41) is 4.04. The Balaban J connectivity index is 1.86. The molecule has 4 nitrogen and oxygen atoms in total. The van der Waals surface area contributed by atoms with Crippen molar-refractivity contribution in [3.05, 3.63) is 29.8 Å². The van der Waals surface area contributed by atoms with Gasteiger partial charge >= 0.3 is 0 Å². The van der Waals surface area contributed by atoms with Crippen LogP contribution < -0.4 is 5.73 Å². The second kappa shape index (κ2) is 4.64. The molecule has 2 aromatic rings. The summed E-state index contributed by atoms with van der Waals surface area (Å²) in [5.41, 5.74) is 6.29. The van der Waals surface area contributed by atoms with E-state index in [0.717, 1.165) is 18.7 Å². The van der Waals surface area contributed by atoms with Crippen molar-refractivity contribution in [2.45, 2.75) is 32.1 Å². The van der Waals surface area contributed by atoms with Crippen molar-refractivity contribution >= 4 is 5.69 Å². The molecule has 0 amide bonds. The summed E-state index contributed by atoms with van der Waals surface area (Å²) < 4.78 is 18.4. The van der Waals surface area contributed by atoms with E-state index in [1.165, 1.54) is 18.6 Å². The van der Waals surface area contributed by atoms with Gasteiger partial charge in [-0.05, 0) is 43.4 Å². The van der Waals surface area contributed by atoms with E-state index < -0.39 is 5.82 Å². The molecule has 2 atom stereocenters. The number of nitrogens with two attached hydrogens (primary N) is 1. The normalized spacial score (nSPS) is 22.8. The number of rotatable bonds is 2. The maximum Gasteiger partial charge on any atom is 0.258 e. The summed E-state index contributed by atoms with van der Waals surface area (Å²) in [5.74, 6) is 1.82. The third-order valence-electron chi connectivity index (χ3n) is 3.74. The minimum Gasteiger partial charge on any atom is -0.396 e. The molecule has 0 spiro atoms. The Kier molecular flexibility index (Phi) is 2.97. The molecule has 1 aliphatic carbocycles. The lowest BCUT2D eigenvalue weighted by Gasteiger charge is -2.01. The lowest BCUT2D eigenvalue weighted by atomic mass is 10.1. The van der Waals surface area contributed by atoms with Crippen LogP contribution in [0.15, 0.2) is 22.7 Å². The second-order valence-electron chi connectivity index (χ2n) is 5.31. The van der Waals surface area contributed by atoms with E-state index in [2.05, 4.69) is 17.1 Å². The summed E-state index contributed by atoms with van der Waals surface area (Å²) >= 11 is 0. The Bertz CT molecular complexity index is 596. The summed E-state index contributed by atoms with van der Waals surface area (Å²) in [6, 6.07) is 4.43. The van der Waals surface area contributed by atoms with Gasteiger partial charge in [-0.1, -0.05) is 12.1 Å². The Hall–Kier alpha value is -1.91. The van der Waals surface area contributed by atoms with Gasteiger partial charge in [0, 0.05) is 11.5 Å². The molecule has 1 fully saturated rings. The lowest BCUT2D eigenvalue weighted by molar-refractivity contribution is 0.414. The van der Waals surface area contributed by atoms with Gasteiger partial charge in [0.1, 0.15) is 5.82 Å². The van der Waals surface area contributed by atoms with E-state index in [-0.39, 0.29) is 5.69 Å². The summed E-state index contributed by atoms with van der Waals surface area (Å²) in [7, 11) is 0. The molecule has 100 valence electrons. The predicted octanol–water partition coefficient (Wildman–Crippen LogP) is 3.36. The fourth-order valence-electron chi connectivity index (χ4n) is 2.64. The molecule has 5 heteroatoms. The van der Waals surface area contributed by atoms with Gasteiger partial charge in [0.25, 0.3) is 5.89 Å². The quantitative estimate of drug-likeness (QED) is 0.842. The monoisotopic (exact) mass is 261 g/mol. The average Bonchev–Trinajstić information content (AvgIpc) is 3.01. The molecule has 2 N–H and O–H groups in total. The highest BCUT2D eigenvalue weighted by Crippen LogP contribution is 2.37. The Labute approximate surface area is 110 Å². The molecular weight excluding hydrogens is 245 g/mol. The molecule has 0 radical (unpaired) electrons. The Morgan fingerprint density at radius 2 is 2.21 bits per heavy atom. The smallest absolute Gasteiger partial charge is 0.258 e. The van der Waals surface area contributed by atoms with Crippen LogP contribution >= 0.6 is 0 Å².